The van der Waals surface area contributed by atoms with Crippen LogP contribution in [0.1, 0.15) is 213 Å². The largest absolute Gasteiger partial charge is 0.448 e. The summed E-state index contributed by atoms with van der Waals surface area (Å²) in [6, 6.07) is 0. The Morgan fingerprint density at radius 1 is 0.383 bits per heavy atom. The Hall–Kier alpha value is -0.970. The molecule has 5 aliphatic heterocycles. The van der Waals surface area contributed by atoms with Crippen LogP contribution in [0.2, 0.25) is 0 Å². The molecule has 5 fully saturated rings. The average Bonchev–Trinajstić information content (AvgIpc) is 3.93. The van der Waals surface area contributed by atoms with Gasteiger partial charge in [-0.15, -0.1) is 0 Å². The van der Waals surface area contributed by atoms with Gasteiger partial charge >= 0.3 is 6.09 Å². The second-order valence-electron chi connectivity index (χ2n) is 19.2. The van der Waals surface area contributed by atoms with Crippen LogP contribution in [0, 0.1) is 0 Å². The predicted octanol–water partition coefficient (Wildman–Crippen LogP) is 13.0. The van der Waals surface area contributed by atoms with Gasteiger partial charge in [-0.25, -0.2) is 4.79 Å². The van der Waals surface area contributed by atoms with Crippen molar-refractivity contribution >= 4 is 6.09 Å². The lowest BCUT2D eigenvalue weighted by Crippen LogP contribution is -2.51. The number of piperidine rings is 1. The number of ether oxygens (including phenoxy) is 2. The summed E-state index contributed by atoms with van der Waals surface area (Å²) >= 11 is 0. The van der Waals surface area contributed by atoms with Crippen molar-refractivity contribution in [2.24, 2.45) is 0 Å². The molecule has 0 aromatic carbocycles. The molecule has 5 aliphatic rings. The van der Waals surface area contributed by atoms with Gasteiger partial charge in [-0.3, -0.25) is 24.5 Å². The van der Waals surface area contributed by atoms with Gasteiger partial charge in [-0.05, 0) is 156 Å². The number of rotatable bonds is 0. The molecule has 5 heterocycles. The molecule has 60 heavy (non-hydrogen) atoms. The highest BCUT2D eigenvalue weighted by molar-refractivity contribution is 5.70. The van der Waals surface area contributed by atoms with Gasteiger partial charge in [0, 0.05) is 67.0 Å². The lowest BCUT2D eigenvalue weighted by atomic mass is 10.0. The molecule has 1 amide bonds. The molecule has 9 nitrogen and oxygen atoms in total. The standard InChI is InChI=1S/C9H19N.C8H18N2.C8H17NO.C8H17N.C7H13NO2.5C2H6.CH4/c1-9(2,3)10-7-5-4-6-8-10;1-8(2,3)10-6-4-9-5-7-10;1-8(2,3)9-4-6-10-7-5-9;1-8(2,3)9-6-4-5-7-9;1-7(2,3)8-4-5-10-6(8)9;5*1-2;/h4-8H2,1-3H3;9H,4-7H2,1-3H3;4-7H2,1-3H3;4-7H2,1-3H3;4-5H2,1-3H3;5*1-2H3;1H4. The van der Waals surface area contributed by atoms with Crippen LogP contribution in [0.4, 0.5) is 4.79 Å². The number of piperazine rings is 1. The van der Waals surface area contributed by atoms with Gasteiger partial charge in [0.15, 0.2) is 0 Å². The lowest BCUT2D eigenvalue weighted by molar-refractivity contribution is -0.00389. The first-order chi connectivity index (χ1) is 27.4. The average molecular weight is 864 g/mol. The van der Waals surface area contributed by atoms with Crippen molar-refractivity contribution in [1.29, 1.82) is 0 Å². The van der Waals surface area contributed by atoms with Crippen molar-refractivity contribution in [3.8, 4) is 0 Å². The predicted molar refractivity (Wildman–Crippen MR) is 273 cm³/mol. The normalized spacial score (nSPS) is 18.8. The number of cyclic esters (lactones) is 1. The number of hydrogen-bond acceptors (Lipinski definition) is 8. The van der Waals surface area contributed by atoms with Crippen molar-refractivity contribution < 1.29 is 14.3 Å². The van der Waals surface area contributed by atoms with Gasteiger partial charge < -0.3 is 14.8 Å². The smallest absolute Gasteiger partial charge is 0.410 e. The van der Waals surface area contributed by atoms with Gasteiger partial charge in [0.25, 0.3) is 0 Å². The lowest BCUT2D eigenvalue weighted by Gasteiger charge is -2.38. The zero-order valence-electron chi connectivity index (χ0n) is 45.4. The van der Waals surface area contributed by atoms with Gasteiger partial charge in [0.05, 0.1) is 19.8 Å². The Kier molecular flexibility index (Phi) is 46.7. The molecule has 5 rings (SSSR count). The summed E-state index contributed by atoms with van der Waals surface area (Å²) in [6.07, 6.45) is 6.85. The molecule has 0 radical (unpaired) electrons. The molecule has 0 spiro atoms. The van der Waals surface area contributed by atoms with Crippen LogP contribution in [0.5, 0.6) is 0 Å². The maximum absolute atomic E-state index is 10.9. The minimum Gasteiger partial charge on any atom is -0.448 e. The molecule has 0 aliphatic carbocycles. The van der Waals surface area contributed by atoms with Gasteiger partial charge in [0.2, 0.25) is 0 Å². The van der Waals surface area contributed by atoms with Crippen LogP contribution < -0.4 is 5.32 Å². The van der Waals surface area contributed by atoms with Crippen LogP contribution in [0.25, 0.3) is 0 Å². The van der Waals surface area contributed by atoms with E-state index < -0.39 is 0 Å². The van der Waals surface area contributed by atoms with Crippen molar-refractivity contribution in [3.63, 3.8) is 0 Å². The molecule has 0 bridgehead atoms. The Bertz CT molecular complexity index is 806. The quantitative estimate of drug-likeness (QED) is 0.258. The van der Waals surface area contributed by atoms with Crippen LogP contribution in [-0.2, 0) is 9.47 Å². The molecule has 0 aromatic heterocycles. The van der Waals surface area contributed by atoms with E-state index in [-0.39, 0.29) is 19.1 Å². The summed E-state index contributed by atoms with van der Waals surface area (Å²) in [5.41, 5.74) is 1.41. The topological polar surface area (TPSA) is 63.8 Å². The third kappa shape index (κ3) is 36.5. The number of amides is 1. The Morgan fingerprint density at radius 3 is 0.867 bits per heavy atom. The van der Waals surface area contributed by atoms with Crippen molar-refractivity contribution in [2.75, 3.05) is 91.8 Å². The molecule has 0 unspecified atom stereocenters. The number of morpholine rings is 1. The Labute approximate surface area is 381 Å². The Morgan fingerprint density at radius 2 is 0.667 bits per heavy atom. The first-order valence-electron chi connectivity index (χ1n) is 24.7. The van der Waals surface area contributed by atoms with Gasteiger partial charge in [-0.2, -0.15) is 0 Å². The molecule has 0 atom stereocenters. The van der Waals surface area contributed by atoms with Crippen molar-refractivity contribution in [2.45, 2.75) is 240 Å². The highest BCUT2D eigenvalue weighted by Crippen LogP contribution is 2.21. The van der Waals surface area contributed by atoms with E-state index >= 15 is 0 Å². The summed E-state index contributed by atoms with van der Waals surface area (Å²) in [5, 5.41) is 3.35. The number of nitrogens with one attached hydrogen (secondary N) is 1. The highest BCUT2D eigenvalue weighted by atomic mass is 16.6. The van der Waals surface area contributed by atoms with E-state index in [9.17, 15) is 4.79 Å². The molecule has 0 saturated carbocycles. The van der Waals surface area contributed by atoms with E-state index in [4.69, 9.17) is 9.47 Å². The fourth-order valence-electron chi connectivity index (χ4n) is 6.53. The van der Waals surface area contributed by atoms with Crippen LogP contribution in [0.3, 0.4) is 0 Å². The van der Waals surface area contributed by atoms with Crippen molar-refractivity contribution in [3.05, 3.63) is 0 Å². The minimum absolute atomic E-state index is 0. The number of carbonyl (C=O) groups is 1. The van der Waals surface area contributed by atoms with E-state index in [0.717, 1.165) is 45.9 Å². The van der Waals surface area contributed by atoms with E-state index in [1.165, 1.54) is 71.4 Å². The van der Waals surface area contributed by atoms with E-state index in [2.05, 4.69) is 108 Å². The first-order valence-corrected chi connectivity index (χ1v) is 24.7. The monoisotopic (exact) mass is 863 g/mol. The van der Waals surface area contributed by atoms with Gasteiger partial charge in [-0.1, -0.05) is 83.1 Å². The summed E-state index contributed by atoms with van der Waals surface area (Å²) in [4.78, 5) is 22.8. The SMILES string of the molecule is C.CC.CC.CC.CC.CC.CC(C)(C)N1CCCC1.CC(C)(C)N1CCCCC1.CC(C)(C)N1CCNCC1.CC(C)(C)N1CCOC1=O.CC(C)(C)N1CCOCC1. The van der Waals surface area contributed by atoms with E-state index in [1.807, 2.05) is 90.0 Å². The third-order valence-electron chi connectivity index (χ3n) is 9.96. The first kappa shape index (κ1) is 70.7. The number of nitrogens with zero attached hydrogens (tertiary/aromatic N) is 5. The van der Waals surface area contributed by atoms with Crippen LogP contribution in [0.15, 0.2) is 0 Å². The zero-order valence-corrected chi connectivity index (χ0v) is 45.4. The second-order valence-corrected chi connectivity index (χ2v) is 19.2. The molecule has 1 N–H and O–H groups in total. The molecule has 9 heteroatoms. The van der Waals surface area contributed by atoms with Crippen LogP contribution in [-0.4, -0.2) is 150 Å². The summed E-state index contributed by atoms with van der Waals surface area (Å²) < 4.78 is 10.0. The summed E-state index contributed by atoms with van der Waals surface area (Å²) in [7, 11) is 0. The fourth-order valence-corrected chi connectivity index (χ4v) is 6.53. The maximum Gasteiger partial charge on any atom is 0.410 e. The summed E-state index contributed by atoms with van der Waals surface area (Å²) in [5.74, 6) is 0. The van der Waals surface area contributed by atoms with E-state index in [1.54, 1.807) is 4.90 Å². The number of hydrogen-bond donors (Lipinski definition) is 1. The zero-order chi connectivity index (χ0) is 47.5. The van der Waals surface area contributed by atoms with Crippen molar-refractivity contribution in [1.82, 2.24) is 29.8 Å². The van der Waals surface area contributed by atoms with Gasteiger partial charge in [0.1, 0.15) is 6.61 Å². The highest BCUT2D eigenvalue weighted by Gasteiger charge is 2.31. The molecular weight excluding hydrogens is 745 g/mol. The number of carbonyl (C=O) groups excluding carboxylic acids is 1. The molecule has 0 aromatic rings. The molecule has 5 saturated heterocycles. The molecular formula is C51H118N6O3. The second kappa shape index (κ2) is 39.6. The van der Waals surface area contributed by atoms with Crippen LogP contribution >= 0.6 is 0 Å². The maximum atomic E-state index is 10.9. The number of likely N-dealkylation sites (tertiary alicyclic amines) is 2. The minimum atomic E-state index is -0.187. The van der Waals surface area contributed by atoms with E-state index in [0.29, 0.717) is 28.8 Å². The molecule has 370 valence electrons. The fraction of sp³-hybridized carbons (Fsp3) is 0.980. The summed E-state index contributed by atoms with van der Waals surface area (Å²) in [6.45, 7) is 68.5. The Balaban J connectivity index is -0.000000143. The third-order valence-corrected chi connectivity index (χ3v) is 9.96.